The Morgan fingerprint density at radius 3 is 2.63 bits per heavy atom. The predicted molar refractivity (Wildman–Crippen MR) is 117 cm³/mol. The van der Waals surface area contributed by atoms with Gasteiger partial charge in [0.15, 0.2) is 0 Å². The molecule has 6 heteroatoms. The molecule has 0 saturated carbocycles. The van der Waals surface area contributed by atoms with Crippen LogP contribution in [-0.4, -0.2) is 38.4 Å². The first-order valence-corrected chi connectivity index (χ1v) is 9.93. The van der Waals surface area contributed by atoms with E-state index in [-0.39, 0.29) is 18.6 Å². The lowest BCUT2D eigenvalue weighted by Crippen LogP contribution is -2.35. The number of amides is 1. The maximum atomic E-state index is 12.8. The molecule has 2 aromatic heterocycles. The molecule has 4 rings (SSSR count). The van der Waals surface area contributed by atoms with Crippen molar-refractivity contribution in [3.8, 4) is 11.3 Å². The number of carbonyl (C=O) groups is 1. The van der Waals surface area contributed by atoms with E-state index >= 15 is 0 Å². The molecule has 2 aromatic carbocycles. The summed E-state index contributed by atoms with van der Waals surface area (Å²) in [5.41, 5.74) is 5.21. The van der Waals surface area contributed by atoms with Gasteiger partial charge >= 0.3 is 0 Å². The maximum Gasteiger partial charge on any atom is 0.251 e. The average Bonchev–Trinajstić information content (AvgIpc) is 3.17. The SMILES string of the molecule is Cc1ccc(-c2cc(C(=O)N[C@@H](C)CO)cc3c2cnn3Cc2ccccc2)nc1. The van der Waals surface area contributed by atoms with Crippen LogP contribution in [0.1, 0.15) is 28.4 Å². The Bertz CT molecular complexity index is 1170. The number of nitrogens with zero attached hydrogens (tertiary/aromatic N) is 3. The van der Waals surface area contributed by atoms with Crippen molar-refractivity contribution in [3.63, 3.8) is 0 Å². The van der Waals surface area contributed by atoms with E-state index < -0.39 is 0 Å². The van der Waals surface area contributed by atoms with Gasteiger partial charge in [0.2, 0.25) is 0 Å². The van der Waals surface area contributed by atoms with Crippen LogP contribution in [-0.2, 0) is 6.54 Å². The number of hydrogen-bond acceptors (Lipinski definition) is 4. The largest absolute Gasteiger partial charge is 0.394 e. The fraction of sp³-hybridized carbons (Fsp3) is 0.208. The second-order valence-corrected chi connectivity index (χ2v) is 7.52. The number of fused-ring (bicyclic) bond motifs is 1. The Morgan fingerprint density at radius 2 is 1.93 bits per heavy atom. The van der Waals surface area contributed by atoms with Crippen LogP contribution in [0.5, 0.6) is 0 Å². The monoisotopic (exact) mass is 400 g/mol. The minimum Gasteiger partial charge on any atom is -0.394 e. The summed E-state index contributed by atoms with van der Waals surface area (Å²) in [6, 6.07) is 17.4. The second-order valence-electron chi connectivity index (χ2n) is 7.52. The van der Waals surface area contributed by atoms with Crippen molar-refractivity contribution >= 4 is 16.8 Å². The summed E-state index contributed by atoms with van der Waals surface area (Å²) in [6.07, 6.45) is 3.64. The molecule has 1 atom stereocenters. The van der Waals surface area contributed by atoms with Crippen molar-refractivity contribution < 1.29 is 9.90 Å². The summed E-state index contributed by atoms with van der Waals surface area (Å²) in [5, 5.41) is 17.6. The first kappa shape index (κ1) is 19.8. The molecule has 1 amide bonds. The van der Waals surface area contributed by atoms with Gasteiger partial charge in [0.25, 0.3) is 5.91 Å². The van der Waals surface area contributed by atoms with Crippen LogP contribution in [0.25, 0.3) is 22.2 Å². The van der Waals surface area contributed by atoms with E-state index in [0.29, 0.717) is 12.1 Å². The summed E-state index contributed by atoms with van der Waals surface area (Å²) < 4.78 is 1.90. The van der Waals surface area contributed by atoms with Gasteiger partial charge in [-0.05, 0) is 43.2 Å². The lowest BCUT2D eigenvalue weighted by Gasteiger charge is -2.13. The number of benzene rings is 2. The topological polar surface area (TPSA) is 80.0 Å². The smallest absolute Gasteiger partial charge is 0.251 e. The molecule has 152 valence electrons. The molecule has 0 fully saturated rings. The van der Waals surface area contributed by atoms with Crippen molar-refractivity contribution in [1.29, 1.82) is 0 Å². The van der Waals surface area contributed by atoms with E-state index in [2.05, 4.69) is 27.5 Å². The molecule has 0 radical (unpaired) electrons. The molecular formula is C24H24N4O2. The minimum atomic E-state index is -0.330. The Hall–Kier alpha value is -3.51. The normalized spacial score (nSPS) is 12.1. The van der Waals surface area contributed by atoms with Crippen molar-refractivity contribution in [2.24, 2.45) is 0 Å². The lowest BCUT2D eigenvalue weighted by atomic mass is 10.0. The third-order valence-electron chi connectivity index (χ3n) is 5.04. The number of aliphatic hydroxyl groups excluding tert-OH is 1. The van der Waals surface area contributed by atoms with Gasteiger partial charge in [0, 0.05) is 28.8 Å². The standard InChI is InChI=1S/C24H24N4O2/c1-16-8-9-22(25-12-16)20-10-19(24(30)27-17(2)15-29)11-23-21(20)13-26-28(23)14-18-6-4-3-5-7-18/h3-13,17,29H,14-15H2,1-2H3,(H,27,30)/t17-/m0/s1. The molecule has 6 nitrogen and oxygen atoms in total. The van der Waals surface area contributed by atoms with Gasteiger partial charge in [-0.1, -0.05) is 36.4 Å². The van der Waals surface area contributed by atoms with Crippen molar-refractivity contribution in [1.82, 2.24) is 20.1 Å². The first-order chi connectivity index (χ1) is 14.5. The van der Waals surface area contributed by atoms with Gasteiger partial charge in [-0.3, -0.25) is 14.5 Å². The molecule has 4 aromatic rings. The molecule has 0 bridgehead atoms. The number of pyridine rings is 1. The van der Waals surface area contributed by atoms with E-state index in [4.69, 9.17) is 0 Å². The van der Waals surface area contributed by atoms with Crippen LogP contribution in [0.4, 0.5) is 0 Å². The Morgan fingerprint density at radius 1 is 1.13 bits per heavy atom. The highest BCUT2D eigenvalue weighted by molar-refractivity contribution is 6.03. The number of aromatic nitrogens is 3. The van der Waals surface area contributed by atoms with Gasteiger partial charge in [0.1, 0.15) is 0 Å². The Kier molecular flexibility index (Phi) is 5.59. The average molecular weight is 400 g/mol. The molecule has 0 spiro atoms. The summed E-state index contributed by atoms with van der Waals surface area (Å²) in [7, 11) is 0. The van der Waals surface area contributed by atoms with Crippen molar-refractivity contribution in [2.45, 2.75) is 26.4 Å². The summed E-state index contributed by atoms with van der Waals surface area (Å²) in [6.45, 7) is 4.23. The van der Waals surface area contributed by atoms with Crippen LogP contribution >= 0.6 is 0 Å². The van der Waals surface area contributed by atoms with Crippen molar-refractivity contribution in [3.05, 3.63) is 83.7 Å². The Labute approximate surface area is 175 Å². The van der Waals surface area contributed by atoms with E-state index in [1.807, 2.05) is 66.5 Å². The van der Waals surface area contributed by atoms with Crippen molar-refractivity contribution in [2.75, 3.05) is 6.61 Å². The van der Waals surface area contributed by atoms with Gasteiger partial charge in [-0.15, -0.1) is 0 Å². The molecule has 0 aliphatic rings. The Balaban J connectivity index is 1.84. The lowest BCUT2D eigenvalue weighted by molar-refractivity contribution is 0.0922. The number of aliphatic hydroxyl groups is 1. The van der Waals surface area contributed by atoms with Crippen LogP contribution in [0.3, 0.4) is 0 Å². The molecule has 30 heavy (non-hydrogen) atoms. The zero-order valence-corrected chi connectivity index (χ0v) is 17.0. The third-order valence-corrected chi connectivity index (χ3v) is 5.04. The summed E-state index contributed by atoms with van der Waals surface area (Å²) in [5.74, 6) is -0.237. The molecule has 0 aliphatic heterocycles. The van der Waals surface area contributed by atoms with Gasteiger partial charge in [-0.25, -0.2) is 0 Å². The highest BCUT2D eigenvalue weighted by Crippen LogP contribution is 2.30. The number of hydrogen-bond donors (Lipinski definition) is 2. The zero-order valence-electron chi connectivity index (χ0n) is 17.0. The van der Waals surface area contributed by atoms with Crippen LogP contribution in [0.15, 0.2) is 67.0 Å². The fourth-order valence-electron chi connectivity index (χ4n) is 3.38. The maximum absolute atomic E-state index is 12.8. The molecule has 0 saturated heterocycles. The van der Waals surface area contributed by atoms with E-state index in [1.165, 1.54) is 0 Å². The van der Waals surface area contributed by atoms with E-state index in [1.54, 1.807) is 6.92 Å². The summed E-state index contributed by atoms with van der Waals surface area (Å²) >= 11 is 0. The molecule has 0 aliphatic carbocycles. The summed E-state index contributed by atoms with van der Waals surface area (Å²) in [4.78, 5) is 17.4. The third kappa shape index (κ3) is 4.09. The van der Waals surface area contributed by atoms with Crippen LogP contribution in [0, 0.1) is 6.92 Å². The van der Waals surface area contributed by atoms with Crippen LogP contribution in [0.2, 0.25) is 0 Å². The fourth-order valence-corrected chi connectivity index (χ4v) is 3.38. The molecule has 2 heterocycles. The highest BCUT2D eigenvalue weighted by atomic mass is 16.3. The van der Waals surface area contributed by atoms with Crippen LogP contribution < -0.4 is 5.32 Å². The number of aryl methyl sites for hydroxylation is 1. The number of nitrogens with one attached hydrogen (secondary N) is 1. The quantitative estimate of drug-likeness (QED) is 0.519. The molecule has 2 N–H and O–H groups in total. The van der Waals surface area contributed by atoms with Gasteiger partial charge < -0.3 is 10.4 Å². The predicted octanol–water partition coefficient (Wildman–Crippen LogP) is 3.57. The second kappa shape index (κ2) is 8.47. The minimum absolute atomic E-state index is 0.119. The highest BCUT2D eigenvalue weighted by Gasteiger charge is 2.17. The first-order valence-electron chi connectivity index (χ1n) is 9.93. The zero-order chi connectivity index (χ0) is 21.1. The van der Waals surface area contributed by atoms with E-state index in [9.17, 15) is 9.90 Å². The number of carbonyl (C=O) groups excluding carboxylic acids is 1. The molecular weight excluding hydrogens is 376 g/mol. The van der Waals surface area contributed by atoms with Gasteiger partial charge in [0.05, 0.1) is 30.6 Å². The number of rotatable bonds is 6. The molecule has 0 unspecified atom stereocenters. The van der Waals surface area contributed by atoms with E-state index in [0.717, 1.165) is 33.3 Å². The van der Waals surface area contributed by atoms with Gasteiger partial charge in [-0.2, -0.15) is 5.10 Å².